The minimum atomic E-state index is -0.312. The molecule has 27 heavy (non-hydrogen) atoms. The summed E-state index contributed by atoms with van der Waals surface area (Å²) in [5, 5.41) is 0.903. The number of hydrogen-bond acceptors (Lipinski definition) is 3. The second-order valence-electron chi connectivity index (χ2n) is 7.40. The van der Waals surface area contributed by atoms with Gasteiger partial charge in [-0.15, -0.1) is 0 Å². The van der Waals surface area contributed by atoms with Crippen LogP contribution in [0, 0.1) is 6.92 Å². The summed E-state index contributed by atoms with van der Waals surface area (Å²) >= 11 is 0. The van der Waals surface area contributed by atoms with E-state index >= 15 is 0 Å². The molecule has 1 aromatic carbocycles. The van der Waals surface area contributed by atoms with Gasteiger partial charge in [-0.3, -0.25) is 14.3 Å². The summed E-state index contributed by atoms with van der Waals surface area (Å²) < 4.78 is 3.98. The Hall–Kier alpha value is -2.63. The van der Waals surface area contributed by atoms with E-state index in [1.54, 1.807) is 0 Å². The van der Waals surface area contributed by atoms with Crippen molar-refractivity contribution in [3.05, 3.63) is 46.4 Å². The molecule has 1 atom stereocenters. The van der Waals surface area contributed by atoms with Crippen LogP contribution in [0.15, 0.2) is 35.1 Å². The van der Waals surface area contributed by atoms with Crippen LogP contribution in [-0.4, -0.2) is 38.1 Å². The van der Waals surface area contributed by atoms with E-state index in [2.05, 4.69) is 4.98 Å². The molecule has 142 valence electrons. The Morgan fingerprint density at radius 1 is 1.15 bits per heavy atom. The molecule has 6 heteroatoms. The number of amides is 1. The number of para-hydroxylation sites is 1. The third-order valence-electron chi connectivity index (χ3n) is 5.58. The van der Waals surface area contributed by atoms with Gasteiger partial charge < -0.3 is 4.90 Å². The third kappa shape index (κ3) is 3.03. The molecule has 1 fully saturated rings. The Kier molecular flexibility index (Phi) is 4.72. The zero-order chi connectivity index (χ0) is 19.0. The van der Waals surface area contributed by atoms with Crippen molar-refractivity contribution < 1.29 is 4.79 Å². The lowest BCUT2D eigenvalue weighted by molar-refractivity contribution is -0.135. The fourth-order valence-corrected chi connectivity index (χ4v) is 4.27. The molecule has 0 aliphatic carbocycles. The second-order valence-corrected chi connectivity index (χ2v) is 7.40. The molecule has 3 heterocycles. The molecule has 1 aliphatic heterocycles. The van der Waals surface area contributed by atoms with Crippen LogP contribution in [0.5, 0.6) is 0 Å². The van der Waals surface area contributed by atoms with Crippen molar-refractivity contribution in [2.75, 3.05) is 13.1 Å². The molecule has 0 N–H and O–H groups in total. The fourth-order valence-electron chi connectivity index (χ4n) is 4.27. The van der Waals surface area contributed by atoms with Crippen molar-refractivity contribution in [3.8, 4) is 0 Å². The minimum absolute atomic E-state index is 0.167. The summed E-state index contributed by atoms with van der Waals surface area (Å²) in [5.74, 6) is 0.167. The Balaban J connectivity index is 1.92. The lowest BCUT2D eigenvalue weighted by Crippen LogP contribution is -2.39. The van der Waals surface area contributed by atoms with E-state index in [4.69, 9.17) is 0 Å². The van der Waals surface area contributed by atoms with Crippen molar-refractivity contribution in [2.45, 2.75) is 52.0 Å². The Morgan fingerprint density at radius 3 is 2.56 bits per heavy atom. The maximum absolute atomic E-state index is 13.5. The summed E-state index contributed by atoms with van der Waals surface area (Å²) in [5.41, 5.74) is 2.11. The van der Waals surface area contributed by atoms with Crippen LogP contribution in [0.2, 0.25) is 0 Å². The summed E-state index contributed by atoms with van der Waals surface area (Å²) in [6, 6.07) is 9.11. The molecule has 2 aromatic heterocycles. The number of aryl methyl sites for hydroxylation is 1. The molecule has 1 aliphatic rings. The molecule has 1 amide bonds. The number of carbonyl (C=O) groups is 1. The molecule has 0 spiro atoms. The van der Waals surface area contributed by atoms with Crippen LogP contribution in [0.3, 0.4) is 0 Å². The van der Waals surface area contributed by atoms with Crippen molar-refractivity contribution in [1.82, 2.24) is 19.1 Å². The van der Waals surface area contributed by atoms with Gasteiger partial charge in [0.05, 0.1) is 5.52 Å². The van der Waals surface area contributed by atoms with Crippen LogP contribution < -0.4 is 5.56 Å². The molecule has 0 radical (unpaired) electrons. The number of nitrogens with zero attached hydrogens (tertiary/aromatic N) is 4. The number of fused-ring (bicyclic) bond motifs is 3. The highest BCUT2D eigenvalue weighted by atomic mass is 16.2. The molecule has 3 aromatic rings. The zero-order valence-corrected chi connectivity index (χ0v) is 16.0. The summed E-state index contributed by atoms with van der Waals surface area (Å²) in [6.07, 6.45) is 5.22. The highest BCUT2D eigenvalue weighted by molar-refractivity contribution is 5.94. The first-order valence-electron chi connectivity index (χ1n) is 9.90. The van der Waals surface area contributed by atoms with Crippen LogP contribution in [0.25, 0.3) is 16.6 Å². The summed E-state index contributed by atoms with van der Waals surface area (Å²) in [7, 11) is 0. The molecule has 0 unspecified atom stereocenters. The van der Waals surface area contributed by atoms with E-state index in [0.717, 1.165) is 42.5 Å². The third-order valence-corrected chi connectivity index (χ3v) is 5.58. The van der Waals surface area contributed by atoms with Crippen molar-refractivity contribution in [3.63, 3.8) is 0 Å². The number of aromatic nitrogens is 3. The largest absolute Gasteiger partial charge is 0.341 e. The topological polar surface area (TPSA) is 59.6 Å². The van der Waals surface area contributed by atoms with Gasteiger partial charge in [0.1, 0.15) is 6.04 Å². The van der Waals surface area contributed by atoms with Gasteiger partial charge in [0.2, 0.25) is 5.91 Å². The lowest BCUT2D eigenvalue weighted by Gasteiger charge is -2.27. The molecular formula is C21H26N4O2. The number of hydrogen-bond donors (Lipinski definition) is 0. The van der Waals surface area contributed by atoms with E-state index in [1.807, 2.05) is 52.2 Å². The van der Waals surface area contributed by atoms with Gasteiger partial charge in [-0.05, 0) is 38.3 Å². The van der Waals surface area contributed by atoms with Gasteiger partial charge in [-0.25, -0.2) is 4.52 Å². The summed E-state index contributed by atoms with van der Waals surface area (Å²) in [4.78, 5) is 31.7. The van der Waals surface area contributed by atoms with Gasteiger partial charge in [0.25, 0.3) is 5.56 Å². The van der Waals surface area contributed by atoms with E-state index in [9.17, 15) is 9.59 Å². The quantitative estimate of drug-likeness (QED) is 0.714. The molecule has 6 nitrogen and oxygen atoms in total. The van der Waals surface area contributed by atoms with Crippen LogP contribution in [-0.2, 0) is 4.79 Å². The van der Waals surface area contributed by atoms with Crippen molar-refractivity contribution >= 4 is 22.5 Å². The van der Waals surface area contributed by atoms with E-state index in [1.165, 1.54) is 18.9 Å². The molecular weight excluding hydrogens is 340 g/mol. The second kappa shape index (κ2) is 7.18. The molecule has 0 saturated carbocycles. The fraction of sp³-hybridized carbons (Fsp3) is 0.476. The molecule has 0 bridgehead atoms. The lowest BCUT2D eigenvalue weighted by atomic mass is 10.1. The van der Waals surface area contributed by atoms with Gasteiger partial charge in [0, 0.05) is 30.2 Å². The van der Waals surface area contributed by atoms with Crippen LogP contribution in [0.1, 0.15) is 50.8 Å². The number of benzene rings is 1. The highest BCUT2D eigenvalue weighted by Crippen LogP contribution is 2.28. The first-order chi connectivity index (χ1) is 13.1. The SMILES string of the molecule is CC[C@H](C(=O)N1CCCCCC1)n1c2ccccc2c2nc(=O)cc(C)n21. The zero-order valence-electron chi connectivity index (χ0n) is 16.0. The number of likely N-dealkylation sites (tertiary alicyclic amines) is 1. The highest BCUT2D eigenvalue weighted by Gasteiger charge is 2.28. The standard InChI is InChI=1S/C21H26N4O2/c1-3-17(21(27)23-12-8-4-5-9-13-23)25-18-11-7-6-10-16(18)20-22-19(26)14-15(2)24(20)25/h6-7,10-11,14,17H,3-5,8-9,12-13H2,1-2H3/t17-/m1/s1. The van der Waals surface area contributed by atoms with Crippen LogP contribution >= 0.6 is 0 Å². The normalized spacial score (nSPS) is 16.6. The van der Waals surface area contributed by atoms with Gasteiger partial charge >= 0.3 is 0 Å². The van der Waals surface area contributed by atoms with E-state index in [-0.39, 0.29) is 17.5 Å². The maximum Gasteiger partial charge on any atom is 0.273 e. The van der Waals surface area contributed by atoms with E-state index in [0.29, 0.717) is 12.1 Å². The maximum atomic E-state index is 13.5. The summed E-state index contributed by atoms with van der Waals surface area (Å²) in [6.45, 7) is 5.61. The smallest absolute Gasteiger partial charge is 0.273 e. The average molecular weight is 366 g/mol. The average Bonchev–Trinajstić information content (AvgIpc) is 2.83. The molecule has 1 saturated heterocycles. The Morgan fingerprint density at radius 2 is 1.85 bits per heavy atom. The van der Waals surface area contributed by atoms with Crippen molar-refractivity contribution in [1.29, 1.82) is 0 Å². The Bertz CT molecular complexity index is 1040. The van der Waals surface area contributed by atoms with Crippen LogP contribution in [0.4, 0.5) is 0 Å². The first-order valence-corrected chi connectivity index (χ1v) is 9.90. The molecule has 4 rings (SSSR count). The number of rotatable bonds is 3. The van der Waals surface area contributed by atoms with Gasteiger partial charge in [-0.2, -0.15) is 4.98 Å². The number of carbonyl (C=O) groups excluding carboxylic acids is 1. The monoisotopic (exact) mass is 366 g/mol. The Labute approximate surface area is 158 Å². The van der Waals surface area contributed by atoms with Crippen molar-refractivity contribution in [2.24, 2.45) is 0 Å². The van der Waals surface area contributed by atoms with E-state index < -0.39 is 0 Å². The predicted molar refractivity (Wildman–Crippen MR) is 106 cm³/mol. The van der Waals surface area contributed by atoms with Gasteiger partial charge in [0.15, 0.2) is 5.65 Å². The predicted octanol–water partition coefficient (Wildman–Crippen LogP) is 3.31. The first kappa shape index (κ1) is 17.8. The minimum Gasteiger partial charge on any atom is -0.341 e. The van der Waals surface area contributed by atoms with Gasteiger partial charge in [-0.1, -0.05) is 31.9 Å².